The van der Waals surface area contributed by atoms with E-state index in [-0.39, 0.29) is 19.0 Å². The van der Waals surface area contributed by atoms with Crippen molar-refractivity contribution in [3.63, 3.8) is 0 Å². The smallest absolute Gasteiger partial charge is 0.216 e. The van der Waals surface area contributed by atoms with E-state index >= 15 is 0 Å². The molecule has 0 aromatic carbocycles. The maximum Gasteiger partial charge on any atom is 0.216 e. The highest BCUT2D eigenvalue weighted by atomic mass is 32.2. The van der Waals surface area contributed by atoms with Crippen molar-refractivity contribution in [2.75, 3.05) is 33.1 Å². The molecule has 0 unspecified atom stereocenters. The van der Waals surface area contributed by atoms with Crippen LogP contribution in [0.3, 0.4) is 0 Å². The van der Waals surface area contributed by atoms with Gasteiger partial charge in [0.1, 0.15) is 5.60 Å². The monoisotopic (exact) mass is 195 g/mol. The summed E-state index contributed by atoms with van der Waals surface area (Å²) in [6.45, 7) is 0.222. The average molecular weight is 195 g/mol. The predicted octanol–water partition coefficient (Wildman–Crippen LogP) is -1.36. The van der Waals surface area contributed by atoms with Crippen LogP contribution in [0.15, 0.2) is 0 Å². The van der Waals surface area contributed by atoms with Crippen molar-refractivity contribution >= 4 is 10.0 Å². The lowest BCUT2D eigenvalue weighted by molar-refractivity contribution is -0.163. The van der Waals surface area contributed by atoms with E-state index in [1.807, 2.05) is 0 Å². The second-order valence-corrected chi connectivity index (χ2v) is 5.44. The number of nitrogens with zero attached hydrogens (tertiary/aromatic N) is 1. The Labute approximate surface area is 72.0 Å². The third kappa shape index (κ3) is 1.95. The van der Waals surface area contributed by atoms with E-state index in [0.29, 0.717) is 0 Å². The van der Waals surface area contributed by atoms with Crippen molar-refractivity contribution in [1.82, 2.24) is 4.31 Å². The molecule has 1 rings (SSSR count). The Balaban J connectivity index is 2.61. The molecule has 0 saturated carbocycles. The molecule has 1 fully saturated rings. The molecule has 0 bridgehead atoms. The molecule has 0 aliphatic carbocycles. The summed E-state index contributed by atoms with van der Waals surface area (Å²) in [6, 6.07) is 0. The lowest BCUT2D eigenvalue weighted by atomic mass is 10.1. The van der Waals surface area contributed by atoms with E-state index in [4.69, 9.17) is 4.74 Å². The van der Waals surface area contributed by atoms with Crippen LogP contribution in [0.2, 0.25) is 0 Å². The van der Waals surface area contributed by atoms with Crippen molar-refractivity contribution in [3.05, 3.63) is 0 Å². The van der Waals surface area contributed by atoms with Crippen molar-refractivity contribution < 1.29 is 18.3 Å². The second-order valence-electron chi connectivity index (χ2n) is 3.26. The lowest BCUT2D eigenvalue weighted by Crippen LogP contribution is -2.55. The molecule has 0 radical (unpaired) electrons. The summed E-state index contributed by atoms with van der Waals surface area (Å²) >= 11 is 0. The minimum absolute atomic E-state index is 0.111. The van der Waals surface area contributed by atoms with Gasteiger partial charge in [-0.05, 0) is 0 Å². The van der Waals surface area contributed by atoms with Crippen LogP contribution in [0, 0.1) is 0 Å². The quantitative estimate of drug-likeness (QED) is 0.604. The highest BCUT2D eigenvalue weighted by Crippen LogP contribution is 2.19. The first-order valence-electron chi connectivity index (χ1n) is 3.56. The molecule has 0 spiro atoms. The second kappa shape index (κ2) is 2.95. The predicted molar refractivity (Wildman–Crippen MR) is 43.2 cm³/mol. The Morgan fingerprint density at radius 3 is 2.25 bits per heavy atom. The molecule has 6 heteroatoms. The summed E-state index contributed by atoms with van der Waals surface area (Å²) in [5, 5.41) is 9.46. The van der Waals surface area contributed by atoms with Gasteiger partial charge in [-0.1, -0.05) is 0 Å². The number of rotatable bonds is 3. The Kier molecular flexibility index (Phi) is 2.44. The first-order valence-corrected chi connectivity index (χ1v) is 5.17. The average Bonchev–Trinajstić information content (AvgIpc) is 1.83. The summed E-state index contributed by atoms with van der Waals surface area (Å²) in [6.07, 6.45) is 0. The van der Waals surface area contributed by atoms with Crippen molar-refractivity contribution in [2.45, 2.75) is 5.60 Å². The van der Waals surface area contributed by atoms with Crippen LogP contribution in [-0.2, 0) is 14.8 Å². The maximum atomic E-state index is 11.2. The van der Waals surface area contributed by atoms with Gasteiger partial charge in [-0.25, -0.2) is 12.7 Å². The van der Waals surface area contributed by atoms with Crippen molar-refractivity contribution in [2.24, 2.45) is 0 Å². The van der Waals surface area contributed by atoms with Gasteiger partial charge in [0.15, 0.2) is 0 Å². The number of hydrogen-bond donors (Lipinski definition) is 1. The molecular formula is C6H13NO4S. The standard InChI is InChI=1S/C6H13NO4S/c1-7(2)12(9,10)5-6(8)3-11-4-6/h8H,3-5H2,1-2H3. The van der Waals surface area contributed by atoms with Gasteiger partial charge in [-0.15, -0.1) is 0 Å². The number of aliphatic hydroxyl groups is 1. The molecule has 1 N–H and O–H groups in total. The van der Waals surface area contributed by atoms with Crippen LogP contribution in [-0.4, -0.2) is 56.5 Å². The number of hydrogen-bond acceptors (Lipinski definition) is 4. The molecule has 12 heavy (non-hydrogen) atoms. The summed E-state index contributed by atoms with van der Waals surface area (Å²) in [7, 11) is -0.428. The van der Waals surface area contributed by atoms with Gasteiger partial charge in [0, 0.05) is 14.1 Å². The SMILES string of the molecule is CN(C)S(=O)(=O)CC1(O)COC1. The Bertz CT molecular complexity index is 255. The van der Waals surface area contributed by atoms with Crippen LogP contribution < -0.4 is 0 Å². The fraction of sp³-hybridized carbons (Fsp3) is 1.00. The Hall–Kier alpha value is -0.170. The zero-order valence-electron chi connectivity index (χ0n) is 7.15. The van der Waals surface area contributed by atoms with E-state index in [0.717, 1.165) is 4.31 Å². The molecule has 0 amide bonds. The first-order chi connectivity index (χ1) is 5.36. The molecule has 1 heterocycles. The molecule has 1 aliphatic heterocycles. The van der Waals surface area contributed by atoms with Crippen molar-refractivity contribution in [1.29, 1.82) is 0 Å². The van der Waals surface area contributed by atoms with Crippen LogP contribution in [0.1, 0.15) is 0 Å². The molecule has 1 aliphatic rings. The summed E-state index contributed by atoms with van der Waals surface area (Å²) in [4.78, 5) is 0. The van der Waals surface area contributed by atoms with Crippen LogP contribution in [0.25, 0.3) is 0 Å². The van der Waals surface area contributed by atoms with Crippen LogP contribution in [0.5, 0.6) is 0 Å². The fourth-order valence-corrected chi connectivity index (χ4v) is 1.99. The molecule has 5 nitrogen and oxygen atoms in total. The lowest BCUT2D eigenvalue weighted by Gasteiger charge is -2.36. The molecule has 1 saturated heterocycles. The van der Waals surface area contributed by atoms with Gasteiger partial charge >= 0.3 is 0 Å². The van der Waals surface area contributed by atoms with Crippen LogP contribution >= 0.6 is 0 Å². The summed E-state index contributed by atoms with van der Waals surface area (Å²) in [5.41, 5.74) is -1.16. The maximum absolute atomic E-state index is 11.2. The summed E-state index contributed by atoms with van der Waals surface area (Å²) < 4.78 is 28.3. The van der Waals surface area contributed by atoms with Gasteiger partial charge < -0.3 is 9.84 Å². The van der Waals surface area contributed by atoms with Crippen LogP contribution in [0.4, 0.5) is 0 Å². The zero-order valence-corrected chi connectivity index (χ0v) is 7.97. The minimum Gasteiger partial charge on any atom is -0.384 e. The van der Waals surface area contributed by atoms with Gasteiger partial charge in [-0.2, -0.15) is 0 Å². The third-order valence-corrected chi connectivity index (χ3v) is 3.76. The molecule has 0 atom stereocenters. The van der Waals surface area contributed by atoms with Crippen molar-refractivity contribution in [3.8, 4) is 0 Å². The Morgan fingerprint density at radius 1 is 1.50 bits per heavy atom. The molecular weight excluding hydrogens is 182 g/mol. The Morgan fingerprint density at radius 2 is 2.00 bits per heavy atom. The third-order valence-electron chi connectivity index (χ3n) is 1.75. The summed E-state index contributed by atoms with van der Waals surface area (Å²) in [5.74, 6) is -0.257. The van der Waals surface area contributed by atoms with E-state index < -0.39 is 15.6 Å². The normalized spacial score (nSPS) is 22.3. The molecule has 0 aromatic heterocycles. The topological polar surface area (TPSA) is 66.8 Å². The largest absolute Gasteiger partial charge is 0.384 e. The van der Waals surface area contributed by atoms with E-state index in [1.165, 1.54) is 14.1 Å². The minimum atomic E-state index is -3.31. The highest BCUT2D eigenvalue weighted by Gasteiger charge is 2.41. The fourth-order valence-electron chi connectivity index (χ4n) is 0.890. The number of sulfonamides is 1. The van der Waals surface area contributed by atoms with Gasteiger partial charge in [-0.3, -0.25) is 0 Å². The molecule has 0 aromatic rings. The van der Waals surface area contributed by atoms with Gasteiger partial charge in [0.2, 0.25) is 10.0 Å². The van der Waals surface area contributed by atoms with E-state index in [1.54, 1.807) is 0 Å². The molecule has 72 valence electrons. The highest BCUT2D eigenvalue weighted by molar-refractivity contribution is 7.89. The van der Waals surface area contributed by atoms with Gasteiger partial charge in [0.25, 0.3) is 0 Å². The first kappa shape index (κ1) is 9.91. The van der Waals surface area contributed by atoms with E-state index in [2.05, 4.69) is 0 Å². The zero-order chi connectivity index (χ0) is 9.41. The van der Waals surface area contributed by atoms with Gasteiger partial charge in [0.05, 0.1) is 19.0 Å². The number of ether oxygens (including phenoxy) is 1. The van der Waals surface area contributed by atoms with E-state index in [9.17, 15) is 13.5 Å².